The van der Waals surface area contributed by atoms with Gasteiger partial charge in [-0.1, -0.05) is 12.1 Å². The molecule has 0 radical (unpaired) electrons. The minimum Gasteiger partial charge on any atom is -0.367 e. The summed E-state index contributed by atoms with van der Waals surface area (Å²) in [6, 6.07) is 8.84. The lowest BCUT2D eigenvalue weighted by Crippen LogP contribution is -2.51. The lowest BCUT2D eigenvalue weighted by molar-refractivity contribution is -0.126. The summed E-state index contributed by atoms with van der Waals surface area (Å²) in [5.74, 6) is -0.280. The Morgan fingerprint density at radius 2 is 2.04 bits per heavy atom. The van der Waals surface area contributed by atoms with Crippen molar-refractivity contribution >= 4 is 5.91 Å². The predicted octanol–water partition coefficient (Wildman–Crippen LogP) is 2.85. The van der Waals surface area contributed by atoms with Gasteiger partial charge in [-0.05, 0) is 43.5 Å². The largest absolute Gasteiger partial charge is 0.367 e. The van der Waals surface area contributed by atoms with Crippen molar-refractivity contribution in [2.75, 3.05) is 27.2 Å². The molecular weight excluding hydrogens is 359 g/mol. The zero-order chi connectivity index (χ0) is 19.9. The van der Waals surface area contributed by atoms with Crippen LogP contribution in [0.3, 0.4) is 0 Å². The van der Waals surface area contributed by atoms with Crippen molar-refractivity contribution in [3.8, 4) is 0 Å². The van der Waals surface area contributed by atoms with E-state index in [9.17, 15) is 9.18 Å². The molecule has 2 aromatic rings. The fourth-order valence-electron chi connectivity index (χ4n) is 4.19. The highest BCUT2D eigenvalue weighted by molar-refractivity contribution is 5.92. The maximum atomic E-state index is 13.6. The van der Waals surface area contributed by atoms with E-state index in [1.165, 1.54) is 11.0 Å². The van der Waals surface area contributed by atoms with Crippen LogP contribution in [0.5, 0.6) is 0 Å². The number of carbonyl (C=O) groups is 1. The molecule has 1 atom stereocenters. The lowest BCUT2D eigenvalue weighted by atomic mass is 9.88. The van der Waals surface area contributed by atoms with Crippen molar-refractivity contribution in [1.29, 1.82) is 0 Å². The summed E-state index contributed by atoms with van der Waals surface area (Å²) in [5, 5.41) is 4.52. The van der Waals surface area contributed by atoms with Crippen molar-refractivity contribution < 1.29 is 13.9 Å². The standard InChI is InChI=1S/C21H27FN4O2/c1-15(16-5-4-6-17(22)11-16)25-9-7-21(8-10-25)14-26-18(13-28-21)12-19(23-26)20(27)24(2)3/h4-6,11-12,15H,7-10,13-14H2,1-3H3. The SMILES string of the molecule is CC(c1cccc(F)c1)N1CCC2(CC1)Cn1nc(C(=O)N(C)C)cc1CO2. The van der Waals surface area contributed by atoms with Crippen LogP contribution in [0.2, 0.25) is 0 Å². The lowest BCUT2D eigenvalue weighted by Gasteiger charge is -2.45. The smallest absolute Gasteiger partial charge is 0.273 e. The Morgan fingerprint density at radius 1 is 1.29 bits per heavy atom. The molecule has 1 unspecified atom stereocenters. The second kappa shape index (κ2) is 7.29. The third-order valence-electron chi connectivity index (χ3n) is 6.04. The van der Waals surface area contributed by atoms with Gasteiger partial charge < -0.3 is 9.64 Å². The number of piperidine rings is 1. The van der Waals surface area contributed by atoms with Crippen LogP contribution in [0, 0.1) is 5.82 Å². The molecule has 3 heterocycles. The highest BCUT2D eigenvalue weighted by atomic mass is 19.1. The molecular formula is C21H27FN4O2. The molecule has 1 spiro atoms. The number of amides is 1. The molecule has 0 bridgehead atoms. The number of hydrogen-bond acceptors (Lipinski definition) is 4. The average Bonchev–Trinajstić information content (AvgIpc) is 3.10. The van der Waals surface area contributed by atoms with E-state index in [0.29, 0.717) is 18.8 Å². The highest BCUT2D eigenvalue weighted by Crippen LogP contribution is 2.36. The molecule has 1 aromatic heterocycles. The Balaban J connectivity index is 1.43. The summed E-state index contributed by atoms with van der Waals surface area (Å²) in [4.78, 5) is 16.1. The van der Waals surface area contributed by atoms with Crippen LogP contribution >= 0.6 is 0 Å². The van der Waals surface area contributed by atoms with Gasteiger partial charge in [-0.25, -0.2) is 4.39 Å². The molecule has 1 saturated heterocycles. The summed E-state index contributed by atoms with van der Waals surface area (Å²) in [7, 11) is 3.46. The van der Waals surface area contributed by atoms with Gasteiger partial charge in [0.15, 0.2) is 5.69 Å². The maximum absolute atomic E-state index is 13.6. The van der Waals surface area contributed by atoms with Crippen molar-refractivity contribution in [1.82, 2.24) is 19.6 Å². The van der Waals surface area contributed by atoms with Gasteiger partial charge in [0.25, 0.3) is 5.91 Å². The van der Waals surface area contributed by atoms with Crippen LogP contribution in [0.25, 0.3) is 0 Å². The van der Waals surface area contributed by atoms with Gasteiger partial charge in [0.05, 0.1) is 24.4 Å². The summed E-state index contributed by atoms with van der Waals surface area (Å²) in [5.41, 5.74) is 2.18. The Hall–Kier alpha value is -2.25. The van der Waals surface area contributed by atoms with E-state index in [-0.39, 0.29) is 23.4 Å². The molecule has 150 valence electrons. The minimum atomic E-state index is -0.240. The molecule has 28 heavy (non-hydrogen) atoms. The van der Waals surface area contributed by atoms with Crippen LogP contribution in [-0.4, -0.2) is 58.3 Å². The van der Waals surface area contributed by atoms with Crippen molar-refractivity contribution in [3.63, 3.8) is 0 Å². The van der Waals surface area contributed by atoms with Gasteiger partial charge in [-0.2, -0.15) is 5.10 Å². The number of aromatic nitrogens is 2. The first kappa shape index (κ1) is 19.1. The van der Waals surface area contributed by atoms with Gasteiger partial charge in [-0.15, -0.1) is 0 Å². The predicted molar refractivity (Wildman–Crippen MR) is 103 cm³/mol. The number of fused-ring (bicyclic) bond motifs is 1. The maximum Gasteiger partial charge on any atom is 0.273 e. The number of benzene rings is 1. The number of carbonyl (C=O) groups excluding carboxylic acids is 1. The third-order valence-corrected chi connectivity index (χ3v) is 6.04. The molecule has 1 aromatic carbocycles. The second-order valence-corrected chi connectivity index (χ2v) is 8.12. The van der Waals surface area contributed by atoms with Crippen molar-refractivity contribution in [2.24, 2.45) is 0 Å². The number of hydrogen-bond donors (Lipinski definition) is 0. The third kappa shape index (κ3) is 3.56. The van der Waals surface area contributed by atoms with Gasteiger partial charge in [0.1, 0.15) is 5.82 Å². The molecule has 7 heteroatoms. The van der Waals surface area contributed by atoms with Gasteiger partial charge in [-0.3, -0.25) is 14.4 Å². The normalized spacial score (nSPS) is 20.0. The van der Waals surface area contributed by atoms with Crippen LogP contribution in [0.15, 0.2) is 30.3 Å². The Bertz CT molecular complexity index is 871. The topological polar surface area (TPSA) is 50.6 Å². The van der Waals surface area contributed by atoms with E-state index >= 15 is 0 Å². The Labute approximate surface area is 164 Å². The second-order valence-electron chi connectivity index (χ2n) is 8.12. The van der Waals surface area contributed by atoms with Gasteiger partial charge >= 0.3 is 0 Å². The molecule has 0 N–H and O–H groups in total. The monoisotopic (exact) mass is 386 g/mol. The van der Waals surface area contributed by atoms with Crippen LogP contribution in [-0.2, 0) is 17.9 Å². The van der Waals surface area contributed by atoms with E-state index in [0.717, 1.165) is 37.2 Å². The first-order valence-electron chi connectivity index (χ1n) is 9.79. The molecule has 1 amide bonds. The van der Waals surface area contributed by atoms with Crippen LogP contribution < -0.4 is 0 Å². The van der Waals surface area contributed by atoms with Crippen molar-refractivity contribution in [3.05, 3.63) is 53.1 Å². The fraction of sp³-hybridized carbons (Fsp3) is 0.524. The zero-order valence-corrected chi connectivity index (χ0v) is 16.7. The summed E-state index contributed by atoms with van der Waals surface area (Å²) < 4.78 is 21.8. The van der Waals surface area contributed by atoms with Crippen LogP contribution in [0.4, 0.5) is 4.39 Å². The number of rotatable bonds is 3. The highest BCUT2D eigenvalue weighted by Gasteiger charge is 2.40. The quantitative estimate of drug-likeness (QED) is 0.814. The molecule has 4 rings (SSSR count). The van der Waals surface area contributed by atoms with E-state index in [1.807, 2.05) is 16.8 Å². The molecule has 1 fully saturated rings. The Morgan fingerprint density at radius 3 is 2.71 bits per heavy atom. The molecule has 2 aliphatic heterocycles. The molecule has 0 aliphatic carbocycles. The fourth-order valence-corrected chi connectivity index (χ4v) is 4.19. The summed E-state index contributed by atoms with van der Waals surface area (Å²) in [6.07, 6.45) is 1.78. The molecule has 0 saturated carbocycles. The number of likely N-dealkylation sites (tertiary alicyclic amines) is 1. The number of halogens is 1. The summed E-state index contributed by atoms with van der Waals surface area (Å²) in [6.45, 7) is 5.05. The first-order chi connectivity index (χ1) is 13.4. The van der Waals surface area contributed by atoms with Crippen LogP contribution in [0.1, 0.15) is 47.6 Å². The minimum absolute atomic E-state index is 0.0883. The van der Waals surface area contributed by atoms with Gasteiger partial charge in [0.2, 0.25) is 0 Å². The van der Waals surface area contributed by atoms with E-state index in [2.05, 4.69) is 16.9 Å². The molecule has 2 aliphatic rings. The van der Waals surface area contributed by atoms with Crippen molar-refractivity contribution in [2.45, 2.75) is 44.6 Å². The van der Waals surface area contributed by atoms with E-state index in [4.69, 9.17) is 4.74 Å². The zero-order valence-electron chi connectivity index (χ0n) is 16.7. The first-order valence-corrected chi connectivity index (χ1v) is 9.79. The van der Waals surface area contributed by atoms with E-state index < -0.39 is 0 Å². The summed E-state index contributed by atoms with van der Waals surface area (Å²) >= 11 is 0. The number of nitrogens with zero attached hydrogens (tertiary/aromatic N) is 4. The Kier molecular flexibility index (Phi) is 4.97. The molecule has 6 nitrogen and oxygen atoms in total. The van der Waals surface area contributed by atoms with E-state index in [1.54, 1.807) is 26.2 Å². The number of ether oxygens (including phenoxy) is 1. The average molecular weight is 386 g/mol. The van der Waals surface area contributed by atoms with Gasteiger partial charge in [0, 0.05) is 33.2 Å².